The molecule has 6 nitrogen and oxygen atoms in total. The summed E-state index contributed by atoms with van der Waals surface area (Å²) in [5.74, 6) is 0.775. The molecule has 1 unspecified atom stereocenters. The van der Waals surface area contributed by atoms with Crippen LogP contribution in [0, 0.1) is 12.8 Å². The van der Waals surface area contributed by atoms with Gasteiger partial charge < -0.3 is 15.1 Å². The lowest BCUT2D eigenvalue weighted by atomic mass is 9.98. The number of pyridine rings is 1. The largest absolute Gasteiger partial charge is 0.339 e. The normalized spacial score (nSPS) is 20.0. The molecule has 32 heavy (non-hydrogen) atoms. The molecule has 170 valence electrons. The Bertz CT molecular complexity index is 938. The number of nitrogens with one attached hydrogen (secondary N) is 1. The topological polar surface area (TPSA) is 65.5 Å². The summed E-state index contributed by atoms with van der Waals surface area (Å²) in [4.78, 5) is 34.2. The van der Waals surface area contributed by atoms with E-state index in [1.165, 1.54) is 0 Å². The Morgan fingerprint density at radius 1 is 0.969 bits per heavy atom. The van der Waals surface area contributed by atoms with Crippen molar-refractivity contribution in [3.8, 4) is 0 Å². The fourth-order valence-electron chi connectivity index (χ4n) is 4.80. The summed E-state index contributed by atoms with van der Waals surface area (Å²) in [7, 11) is 0. The van der Waals surface area contributed by atoms with Crippen LogP contribution in [-0.4, -0.2) is 46.4 Å². The minimum atomic E-state index is -0.0825. The summed E-state index contributed by atoms with van der Waals surface area (Å²) < 4.78 is 0. The highest BCUT2D eigenvalue weighted by Gasteiger charge is 2.27. The van der Waals surface area contributed by atoms with Crippen LogP contribution in [0.15, 0.2) is 42.7 Å². The first-order valence-corrected chi connectivity index (χ1v) is 11.9. The van der Waals surface area contributed by atoms with Crippen molar-refractivity contribution in [1.82, 2.24) is 14.8 Å². The molecule has 2 fully saturated rings. The number of rotatable bonds is 3. The van der Waals surface area contributed by atoms with E-state index in [4.69, 9.17) is 0 Å². The second kappa shape index (κ2) is 10.2. The predicted octanol–water partition coefficient (Wildman–Crippen LogP) is 5.41. The van der Waals surface area contributed by atoms with E-state index >= 15 is 0 Å². The van der Waals surface area contributed by atoms with Gasteiger partial charge in [-0.1, -0.05) is 19.8 Å². The Morgan fingerprint density at radius 3 is 2.44 bits per heavy atom. The van der Waals surface area contributed by atoms with Crippen molar-refractivity contribution >= 4 is 17.6 Å². The molecule has 2 aliphatic heterocycles. The lowest BCUT2D eigenvalue weighted by molar-refractivity contribution is 0.0697. The number of hydrogen-bond acceptors (Lipinski definition) is 3. The Kier molecular flexibility index (Phi) is 7.08. The van der Waals surface area contributed by atoms with Gasteiger partial charge in [-0.2, -0.15) is 0 Å². The van der Waals surface area contributed by atoms with Gasteiger partial charge in [0.1, 0.15) is 0 Å². The second-order valence-corrected chi connectivity index (χ2v) is 9.27. The quantitative estimate of drug-likeness (QED) is 0.702. The van der Waals surface area contributed by atoms with E-state index in [0.29, 0.717) is 11.5 Å². The van der Waals surface area contributed by atoms with E-state index < -0.39 is 0 Å². The van der Waals surface area contributed by atoms with Crippen LogP contribution in [0.2, 0.25) is 0 Å². The third kappa shape index (κ3) is 5.12. The molecule has 0 aliphatic carbocycles. The van der Waals surface area contributed by atoms with Crippen molar-refractivity contribution in [2.45, 2.75) is 58.4 Å². The van der Waals surface area contributed by atoms with Gasteiger partial charge in [-0.05, 0) is 80.0 Å². The van der Waals surface area contributed by atoms with Crippen molar-refractivity contribution in [3.05, 3.63) is 59.4 Å². The third-order valence-corrected chi connectivity index (χ3v) is 6.89. The standard InChI is InChI=1S/C26H34N4O2/c1-19-11-16-29(17-12-19)25(31)22-7-8-23(20(2)18-22)28-26(32)30-15-5-3-4-6-24(30)21-9-13-27-14-10-21/h7-10,13-14,18-19,24H,3-6,11-12,15-17H2,1-2H3,(H,28,32). The first-order valence-electron chi connectivity index (χ1n) is 11.9. The van der Waals surface area contributed by atoms with Crippen LogP contribution in [0.1, 0.15) is 73.0 Å². The Morgan fingerprint density at radius 2 is 1.72 bits per heavy atom. The maximum atomic E-state index is 13.3. The molecule has 2 aromatic rings. The summed E-state index contributed by atoms with van der Waals surface area (Å²) >= 11 is 0. The number of anilines is 1. The van der Waals surface area contributed by atoms with Gasteiger partial charge in [-0.25, -0.2) is 4.79 Å². The van der Waals surface area contributed by atoms with Crippen LogP contribution in [0.4, 0.5) is 10.5 Å². The highest BCUT2D eigenvalue weighted by molar-refractivity contribution is 5.96. The molecule has 6 heteroatoms. The number of nitrogens with zero attached hydrogens (tertiary/aromatic N) is 3. The second-order valence-electron chi connectivity index (χ2n) is 9.27. The van der Waals surface area contributed by atoms with Crippen LogP contribution in [0.25, 0.3) is 0 Å². The molecular weight excluding hydrogens is 400 g/mol. The molecule has 0 spiro atoms. The number of carbonyl (C=O) groups is 2. The Hall–Kier alpha value is -2.89. The zero-order chi connectivity index (χ0) is 22.5. The molecule has 2 saturated heterocycles. The summed E-state index contributed by atoms with van der Waals surface area (Å²) in [5.41, 5.74) is 3.49. The summed E-state index contributed by atoms with van der Waals surface area (Å²) in [6.07, 6.45) is 9.92. The molecule has 0 bridgehead atoms. The lowest BCUT2D eigenvalue weighted by Gasteiger charge is -2.31. The van der Waals surface area contributed by atoms with E-state index in [-0.39, 0.29) is 18.0 Å². The maximum Gasteiger partial charge on any atom is 0.322 e. The number of benzene rings is 1. The number of aryl methyl sites for hydroxylation is 1. The van der Waals surface area contributed by atoms with E-state index in [0.717, 1.165) is 75.0 Å². The van der Waals surface area contributed by atoms with Crippen molar-refractivity contribution in [2.75, 3.05) is 25.0 Å². The minimum absolute atomic E-state index is 0.0585. The number of carbonyl (C=O) groups excluding carboxylic acids is 2. The minimum Gasteiger partial charge on any atom is -0.339 e. The molecule has 0 radical (unpaired) electrons. The predicted molar refractivity (Wildman–Crippen MR) is 127 cm³/mol. The fraction of sp³-hybridized carbons (Fsp3) is 0.500. The smallest absolute Gasteiger partial charge is 0.322 e. The highest BCUT2D eigenvalue weighted by atomic mass is 16.2. The number of amides is 3. The molecule has 1 N–H and O–H groups in total. The lowest BCUT2D eigenvalue weighted by Crippen LogP contribution is -2.38. The zero-order valence-electron chi connectivity index (χ0n) is 19.2. The summed E-state index contributed by atoms with van der Waals surface area (Å²) in [6.45, 7) is 6.58. The van der Waals surface area contributed by atoms with Gasteiger partial charge in [0.2, 0.25) is 0 Å². The molecule has 2 aliphatic rings. The highest BCUT2D eigenvalue weighted by Crippen LogP contribution is 2.31. The van der Waals surface area contributed by atoms with Gasteiger partial charge in [0.05, 0.1) is 6.04 Å². The van der Waals surface area contributed by atoms with Crippen LogP contribution >= 0.6 is 0 Å². The first kappa shape index (κ1) is 22.3. The van der Waals surface area contributed by atoms with E-state index in [9.17, 15) is 9.59 Å². The number of urea groups is 1. The van der Waals surface area contributed by atoms with E-state index in [2.05, 4.69) is 17.2 Å². The fourth-order valence-corrected chi connectivity index (χ4v) is 4.80. The van der Waals surface area contributed by atoms with Crippen LogP contribution in [0.3, 0.4) is 0 Å². The molecule has 4 rings (SSSR count). The average Bonchev–Trinajstić information content (AvgIpc) is 3.07. The first-order chi connectivity index (χ1) is 15.5. The number of likely N-dealkylation sites (tertiary alicyclic amines) is 2. The number of hydrogen-bond donors (Lipinski definition) is 1. The van der Waals surface area contributed by atoms with E-state index in [1.54, 1.807) is 12.4 Å². The maximum absolute atomic E-state index is 13.3. The van der Waals surface area contributed by atoms with E-state index in [1.807, 2.05) is 47.1 Å². The molecule has 0 saturated carbocycles. The summed E-state index contributed by atoms with van der Waals surface area (Å²) in [5, 5.41) is 3.11. The number of aromatic nitrogens is 1. The van der Waals surface area contributed by atoms with Crippen LogP contribution < -0.4 is 5.32 Å². The molecule has 1 atom stereocenters. The molecule has 1 aromatic heterocycles. The van der Waals surface area contributed by atoms with Gasteiger partial charge in [-0.15, -0.1) is 0 Å². The molecule has 3 amide bonds. The average molecular weight is 435 g/mol. The van der Waals surface area contributed by atoms with Crippen molar-refractivity contribution in [3.63, 3.8) is 0 Å². The molecule has 1 aromatic carbocycles. The third-order valence-electron chi connectivity index (χ3n) is 6.89. The number of piperidine rings is 1. The van der Waals surface area contributed by atoms with Gasteiger partial charge in [0.25, 0.3) is 5.91 Å². The monoisotopic (exact) mass is 434 g/mol. The molecular formula is C26H34N4O2. The van der Waals surface area contributed by atoms with Gasteiger partial charge in [-0.3, -0.25) is 9.78 Å². The Balaban J connectivity index is 1.47. The van der Waals surface area contributed by atoms with Gasteiger partial charge in [0.15, 0.2) is 0 Å². The SMILES string of the molecule is Cc1cc(C(=O)N2CCC(C)CC2)ccc1NC(=O)N1CCCCCC1c1ccncc1. The van der Waals surface area contributed by atoms with Gasteiger partial charge in [0, 0.05) is 43.3 Å². The van der Waals surface area contributed by atoms with Crippen LogP contribution in [-0.2, 0) is 0 Å². The summed E-state index contributed by atoms with van der Waals surface area (Å²) in [6, 6.07) is 9.59. The zero-order valence-corrected chi connectivity index (χ0v) is 19.2. The van der Waals surface area contributed by atoms with Crippen LogP contribution in [0.5, 0.6) is 0 Å². The Labute approximate surface area is 191 Å². The van der Waals surface area contributed by atoms with Gasteiger partial charge >= 0.3 is 6.03 Å². The van der Waals surface area contributed by atoms with Crippen molar-refractivity contribution in [1.29, 1.82) is 0 Å². The molecule has 3 heterocycles. The van der Waals surface area contributed by atoms with Crippen molar-refractivity contribution in [2.24, 2.45) is 5.92 Å². The van der Waals surface area contributed by atoms with Crippen molar-refractivity contribution < 1.29 is 9.59 Å².